The Kier molecular flexibility index (Phi) is 5.46. The van der Waals surface area contributed by atoms with E-state index in [0.717, 1.165) is 5.56 Å². The topological polar surface area (TPSA) is 49.4 Å². The van der Waals surface area contributed by atoms with Crippen LogP contribution in [-0.4, -0.2) is 24.9 Å². The van der Waals surface area contributed by atoms with Gasteiger partial charge in [-0.3, -0.25) is 9.59 Å². The molecule has 0 aliphatic rings. The van der Waals surface area contributed by atoms with E-state index in [1.54, 1.807) is 24.3 Å². The number of halogens is 1. The fourth-order valence-corrected chi connectivity index (χ4v) is 2.26. The van der Waals surface area contributed by atoms with Crippen LogP contribution in [0.15, 0.2) is 48.5 Å². The lowest BCUT2D eigenvalue weighted by molar-refractivity contribution is -0.116. The van der Waals surface area contributed by atoms with Crippen molar-refractivity contribution < 1.29 is 14.0 Å². The van der Waals surface area contributed by atoms with Gasteiger partial charge in [0.2, 0.25) is 5.91 Å². The Balaban J connectivity index is 1.96. The van der Waals surface area contributed by atoms with Crippen LogP contribution in [0.4, 0.5) is 10.1 Å². The van der Waals surface area contributed by atoms with Crippen molar-refractivity contribution in [2.75, 3.05) is 18.0 Å². The first-order chi connectivity index (χ1) is 11.0. The summed E-state index contributed by atoms with van der Waals surface area (Å²) >= 11 is 0. The summed E-state index contributed by atoms with van der Waals surface area (Å²) in [4.78, 5) is 25.3. The molecule has 0 saturated heterocycles. The van der Waals surface area contributed by atoms with Gasteiger partial charge in [-0.1, -0.05) is 17.7 Å². The monoisotopic (exact) mass is 314 g/mol. The lowest BCUT2D eigenvalue weighted by Crippen LogP contribution is -2.37. The quantitative estimate of drug-likeness (QED) is 0.922. The number of amides is 2. The number of anilines is 1. The largest absolute Gasteiger partial charge is 0.350 e. The van der Waals surface area contributed by atoms with Crippen LogP contribution in [0.25, 0.3) is 0 Å². The zero-order valence-electron chi connectivity index (χ0n) is 13.2. The molecule has 2 aromatic rings. The highest BCUT2D eigenvalue weighted by molar-refractivity contribution is 5.94. The number of carbonyl (C=O) groups is 2. The Morgan fingerprint density at radius 3 is 2.43 bits per heavy atom. The summed E-state index contributed by atoms with van der Waals surface area (Å²) in [5.74, 6) is -0.706. The highest BCUT2D eigenvalue weighted by Gasteiger charge is 2.12. The van der Waals surface area contributed by atoms with Gasteiger partial charge >= 0.3 is 0 Å². The van der Waals surface area contributed by atoms with Crippen LogP contribution in [-0.2, 0) is 4.79 Å². The molecule has 2 amide bonds. The molecule has 0 spiro atoms. The standard InChI is InChI=1S/C18H19FN2O2/c1-13-4-3-5-15(12-13)18(23)20-10-11-21(14(2)22)17-8-6-16(19)7-9-17/h3-9,12H,10-11H2,1-2H3,(H,20,23). The Labute approximate surface area is 134 Å². The number of nitrogens with one attached hydrogen (secondary N) is 1. The van der Waals surface area contributed by atoms with E-state index in [1.165, 1.54) is 24.0 Å². The van der Waals surface area contributed by atoms with Gasteiger partial charge < -0.3 is 10.2 Å². The van der Waals surface area contributed by atoms with E-state index in [1.807, 2.05) is 19.1 Å². The Morgan fingerprint density at radius 1 is 1.13 bits per heavy atom. The van der Waals surface area contributed by atoms with Crippen molar-refractivity contribution >= 4 is 17.5 Å². The minimum Gasteiger partial charge on any atom is -0.350 e. The van der Waals surface area contributed by atoms with Gasteiger partial charge in [0.05, 0.1) is 0 Å². The first-order valence-electron chi connectivity index (χ1n) is 7.36. The summed E-state index contributed by atoms with van der Waals surface area (Å²) in [6.45, 7) is 3.98. The minimum absolute atomic E-state index is 0.165. The number of carbonyl (C=O) groups excluding carboxylic acids is 2. The third-order valence-corrected chi connectivity index (χ3v) is 3.42. The van der Waals surface area contributed by atoms with Crippen LogP contribution < -0.4 is 10.2 Å². The van der Waals surface area contributed by atoms with Crippen LogP contribution in [0.3, 0.4) is 0 Å². The van der Waals surface area contributed by atoms with Gasteiger partial charge in [0, 0.05) is 31.3 Å². The molecule has 0 aliphatic heterocycles. The van der Waals surface area contributed by atoms with Crippen LogP contribution in [0, 0.1) is 12.7 Å². The van der Waals surface area contributed by atoms with Gasteiger partial charge in [-0.25, -0.2) is 4.39 Å². The zero-order chi connectivity index (χ0) is 16.8. The van der Waals surface area contributed by atoms with Gasteiger partial charge in [-0.15, -0.1) is 0 Å². The molecular weight excluding hydrogens is 295 g/mol. The zero-order valence-corrected chi connectivity index (χ0v) is 13.2. The third kappa shape index (κ3) is 4.64. The van der Waals surface area contributed by atoms with E-state index in [2.05, 4.69) is 5.32 Å². The molecule has 4 nitrogen and oxygen atoms in total. The molecule has 0 unspecified atom stereocenters. The fourth-order valence-electron chi connectivity index (χ4n) is 2.26. The molecule has 5 heteroatoms. The van der Waals surface area contributed by atoms with E-state index < -0.39 is 0 Å². The van der Waals surface area contributed by atoms with Crippen molar-refractivity contribution in [3.63, 3.8) is 0 Å². The van der Waals surface area contributed by atoms with E-state index in [9.17, 15) is 14.0 Å². The van der Waals surface area contributed by atoms with E-state index in [4.69, 9.17) is 0 Å². The number of aryl methyl sites for hydroxylation is 1. The van der Waals surface area contributed by atoms with E-state index >= 15 is 0 Å². The Morgan fingerprint density at radius 2 is 1.83 bits per heavy atom. The summed E-state index contributed by atoms with van der Waals surface area (Å²) in [5.41, 5.74) is 2.19. The maximum absolute atomic E-state index is 13.0. The maximum Gasteiger partial charge on any atom is 0.251 e. The van der Waals surface area contributed by atoms with Crippen molar-refractivity contribution in [3.8, 4) is 0 Å². The number of rotatable bonds is 5. The summed E-state index contributed by atoms with van der Waals surface area (Å²) in [6, 6.07) is 13.0. The van der Waals surface area contributed by atoms with Gasteiger partial charge in [0.1, 0.15) is 5.82 Å². The summed E-state index contributed by atoms with van der Waals surface area (Å²) in [5, 5.41) is 2.79. The Hall–Kier alpha value is -2.69. The SMILES string of the molecule is CC(=O)N(CCNC(=O)c1cccc(C)c1)c1ccc(F)cc1. The second-order valence-electron chi connectivity index (χ2n) is 5.27. The van der Waals surface area contributed by atoms with Crippen molar-refractivity contribution in [3.05, 3.63) is 65.5 Å². The number of hydrogen-bond acceptors (Lipinski definition) is 2. The molecule has 1 N–H and O–H groups in total. The molecule has 2 rings (SSSR count). The van der Waals surface area contributed by atoms with Gasteiger partial charge in [0.25, 0.3) is 5.91 Å². The van der Waals surface area contributed by atoms with Crippen molar-refractivity contribution in [2.45, 2.75) is 13.8 Å². The van der Waals surface area contributed by atoms with Crippen molar-refractivity contribution in [1.82, 2.24) is 5.32 Å². The normalized spacial score (nSPS) is 10.2. The molecular formula is C18H19FN2O2. The van der Waals surface area contributed by atoms with E-state index in [0.29, 0.717) is 24.3 Å². The molecule has 0 radical (unpaired) electrons. The number of benzene rings is 2. The number of hydrogen-bond donors (Lipinski definition) is 1. The van der Waals surface area contributed by atoms with Crippen LogP contribution in [0.2, 0.25) is 0 Å². The molecule has 0 saturated carbocycles. The smallest absolute Gasteiger partial charge is 0.251 e. The highest BCUT2D eigenvalue weighted by atomic mass is 19.1. The summed E-state index contributed by atoms with van der Waals surface area (Å²) in [7, 11) is 0. The lowest BCUT2D eigenvalue weighted by atomic mass is 10.1. The number of nitrogens with zero attached hydrogens (tertiary/aromatic N) is 1. The Bertz CT molecular complexity index is 698. The molecule has 2 aromatic carbocycles. The van der Waals surface area contributed by atoms with Crippen LogP contribution >= 0.6 is 0 Å². The first-order valence-corrected chi connectivity index (χ1v) is 7.36. The molecule has 0 fully saturated rings. The second-order valence-corrected chi connectivity index (χ2v) is 5.27. The van der Waals surface area contributed by atoms with Crippen LogP contribution in [0.5, 0.6) is 0 Å². The average Bonchev–Trinajstić information content (AvgIpc) is 2.52. The van der Waals surface area contributed by atoms with E-state index in [-0.39, 0.29) is 17.6 Å². The molecule has 0 aromatic heterocycles. The minimum atomic E-state index is -0.356. The van der Waals surface area contributed by atoms with Crippen LogP contribution in [0.1, 0.15) is 22.8 Å². The van der Waals surface area contributed by atoms with Gasteiger partial charge in [0.15, 0.2) is 0 Å². The fraction of sp³-hybridized carbons (Fsp3) is 0.222. The molecule has 23 heavy (non-hydrogen) atoms. The van der Waals surface area contributed by atoms with Crippen molar-refractivity contribution in [1.29, 1.82) is 0 Å². The lowest BCUT2D eigenvalue weighted by Gasteiger charge is -2.21. The molecule has 0 atom stereocenters. The summed E-state index contributed by atoms with van der Waals surface area (Å²) < 4.78 is 13.0. The summed E-state index contributed by atoms with van der Waals surface area (Å²) in [6.07, 6.45) is 0. The molecule has 0 aliphatic carbocycles. The first kappa shape index (κ1) is 16.7. The van der Waals surface area contributed by atoms with Crippen molar-refractivity contribution in [2.24, 2.45) is 0 Å². The predicted molar refractivity (Wildman–Crippen MR) is 87.9 cm³/mol. The van der Waals surface area contributed by atoms with Gasteiger partial charge in [-0.05, 0) is 43.3 Å². The molecule has 0 bridgehead atoms. The average molecular weight is 314 g/mol. The second kappa shape index (κ2) is 7.54. The predicted octanol–water partition coefficient (Wildman–Crippen LogP) is 2.92. The molecule has 120 valence electrons. The maximum atomic E-state index is 13.0. The van der Waals surface area contributed by atoms with Gasteiger partial charge in [-0.2, -0.15) is 0 Å². The molecule has 0 heterocycles. The highest BCUT2D eigenvalue weighted by Crippen LogP contribution is 2.14. The third-order valence-electron chi connectivity index (χ3n) is 3.42.